The van der Waals surface area contributed by atoms with Crippen LogP contribution in [0.2, 0.25) is 0 Å². The summed E-state index contributed by atoms with van der Waals surface area (Å²) in [5.74, 6) is 1.38. The second kappa shape index (κ2) is 5.54. The number of piperidine rings is 1. The maximum Gasteiger partial charge on any atom is 0.169 e. The van der Waals surface area contributed by atoms with E-state index >= 15 is 0 Å². The van der Waals surface area contributed by atoms with Crippen molar-refractivity contribution < 1.29 is 0 Å². The van der Waals surface area contributed by atoms with Crippen LogP contribution in [-0.4, -0.2) is 29.3 Å². The van der Waals surface area contributed by atoms with Crippen LogP contribution < -0.4 is 10.6 Å². The molecule has 102 valence electrons. The van der Waals surface area contributed by atoms with E-state index in [2.05, 4.69) is 28.1 Å². The van der Waals surface area contributed by atoms with Gasteiger partial charge >= 0.3 is 0 Å². The zero-order chi connectivity index (χ0) is 14.0. The van der Waals surface area contributed by atoms with Crippen molar-refractivity contribution in [2.75, 3.05) is 18.0 Å². The average molecular weight is 259 g/mol. The topological polar surface area (TPSA) is 78.8 Å². The lowest BCUT2D eigenvalue weighted by atomic mass is 9.92. The Morgan fingerprint density at radius 2 is 2.16 bits per heavy atom. The summed E-state index contributed by atoms with van der Waals surface area (Å²) in [5.41, 5.74) is 8.25. The molecule has 19 heavy (non-hydrogen) atoms. The van der Waals surface area contributed by atoms with E-state index in [-0.39, 0.29) is 6.04 Å². The van der Waals surface area contributed by atoms with Crippen LogP contribution in [0.15, 0.2) is 0 Å². The Hall–Kier alpha value is -1.67. The molecule has 1 fully saturated rings. The third-order valence-corrected chi connectivity index (χ3v) is 4.07. The van der Waals surface area contributed by atoms with Crippen molar-refractivity contribution in [2.24, 2.45) is 11.7 Å². The van der Waals surface area contributed by atoms with Gasteiger partial charge in [0.2, 0.25) is 0 Å². The van der Waals surface area contributed by atoms with Crippen molar-refractivity contribution in [1.29, 1.82) is 5.26 Å². The fourth-order valence-corrected chi connectivity index (χ4v) is 2.68. The Bertz CT molecular complexity index is 505. The molecular formula is C14H21N5. The van der Waals surface area contributed by atoms with Crippen LogP contribution >= 0.6 is 0 Å². The van der Waals surface area contributed by atoms with Crippen molar-refractivity contribution in [3.8, 4) is 6.07 Å². The van der Waals surface area contributed by atoms with Crippen molar-refractivity contribution >= 4 is 5.82 Å². The van der Waals surface area contributed by atoms with E-state index in [0.29, 0.717) is 23.8 Å². The third-order valence-electron chi connectivity index (χ3n) is 4.07. The quantitative estimate of drug-likeness (QED) is 0.871. The zero-order valence-electron chi connectivity index (χ0n) is 11.8. The number of nitrogens with zero attached hydrogens (tertiary/aromatic N) is 4. The number of nitrogens with two attached hydrogens (primary N) is 1. The molecule has 5 nitrogen and oxygen atoms in total. The van der Waals surface area contributed by atoms with Crippen molar-refractivity contribution in [2.45, 2.75) is 39.7 Å². The van der Waals surface area contributed by atoms with Gasteiger partial charge in [0.05, 0.1) is 5.69 Å². The summed E-state index contributed by atoms with van der Waals surface area (Å²) in [4.78, 5) is 2.16. The highest BCUT2D eigenvalue weighted by Crippen LogP contribution is 2.29. The van der Waals surface area contributed by atoms with Crippen molar-refractivity contribution in [1.82, 2.24) is 10.2 Å². The Morgan fingerprint density at radius 1 is 1.42 bits per heavy atom. The van der Waals surface area contributed by atoms with Gasteiger partial charge < -0.3 is 10.6 Å². The molecule has 1 aromatic rings. The first-order valence-electron chi connectivity index (χ1n) is 6.79. The summed E-state index contributed by atoms with van der Waals surface area (Å²) in [7, 11) is 0. The largest absolute Gasteiger partial charge is 0.350 e. The highest BCUT2D eigenvalue weighted by molar-refractivity contribution is 5.58. The van der Waals surface area contributed by atoms with Gasteiger partial charge in [-0.15, -0.1) is 5.10 Å². The first-order chi connectivity index (χ1) is 9.08. The Kier molecular flexibility index (Phi) is 4.01. The molecule has 0 saturated carbocycles. The summed E-state index contributed by atoms with van der Waals surface area (Å²) in [5, 5.41) is 17.8. The lowest BCUT2D eigenvalue weighted by Crippen LogP contribution is -2.47. The fourth-order valence-electron chi connectivity index (χ4n) is 2.68. The lowest BCUT2D eigenvalue weighted by Gasteiger charge is -2.39. The zero-order valence-corrected chi connectivity index (χ0v) is 11.8. The van der Waals surface area contributed by atoms with Crippen LogP contribution in [0.5, 0.6) is 0 Å². The normalized spacial score (nSPS) is 23.2. The average Bonchev–Trinajstić information content (AvgIpc) is 2.41. The SMILES string of the molecule is Cc1nnc(N2CCC(C)CC2CN)c(C#N)c1C. The molecule has 2 heterocycles. The van der Waals surface area contributed by atoms with E-state index in [1.807, 2.05) is 13.8 Å². The van der Waals surface area contributed by atoms with Crippen molar-refractivity contribution in [3.63, 3.8) is 0 Å². The summed E-state index contributed by atoms with van der Waals surface area (Å²) in [6.45, 7) is 7.54. The number of hydrogen-bond donors (Lipinski definition) is 1. The molecule has 0 spiro atoms. The van der Waals surface area contributed by atoms with Crippen LogP contribution in [0, 0.1) is 31.1 Å². The number of anilines is 1. The monoisotopic (exact) mass is 259 g/mol. The highest BCUT2D eigenvalue weighted by Gasteiger charge is 2.29. The van der Waals surface area contributed by atoms with Gasteiger partial charge in [0.1, 0.15) is 11.6 Å². The van der Waals surface area contributed by atoms with Gasteiger partial charge in [0.15, 0.2) is 5.82 Å². The molecule has 0 radical (unpaired) electrons. The first kappa shape index (κ1) is 13.8. The minimum Gasteiger partial charge on any atom is -0.350 e. The van der Waals surface area contributed by atoms with E-state index in [9.17, 15) is 5.26 Å². The Morgan fingerprint density at radius 3 is 2.79 bits per heavy atom. The number of nitriles is 1. The lowest BCUT2D eigenvalue weighted by molar-refractivity contribution is 0.364. The van der Waals surface area contributed by atoms with Crippen LogP contribution in [0.1, 0.15) is 36.6 Å². The van der Waals surface area contributed by atoms with E-state index < -0.39 is 0 Å². The smallest absolute Gasteiger partial charge is 0.169 e. The maximum absolute atomic E-state index is 9.39. The van der Waals surface area contributed by atoms with E-state index in [4.69, 9.17) is 5.73 Å². The predicted molar refractivity (Wildman–Crippen MR) is 74.8 cm³/mol. The molecule has 1 saturated heterocycles. The van der Waals surface area contributed by atoms with Crippen molar-refractivity contribution in [3.05, 3.63) is 16.8 Å². The van der Waals surface area contributed by atoms with Crippen LogP contribution in [-0.2, 0) is 0 Å². The molecule has 1 aromatic heterocycles. The van der Waals surface area contributed by atoms with Crippen LogP contribution in [0.4, 0.5) is 5.82 Å². The highest BCUT2D eigenvalue weighted by atomic mass is 15.3. The van der Waals surface area contributed by atoms with E-state index in [0.717, 1.165) is 30.6 Å². The van der Waals surface area contributed by atoms with E-state index in [1.54, 1.807) is 0 Å². The molecule has 5 heteroatoms. The molecule has 2 atom stereocenters. The minimum atomic E-state index is 0.257. The molecule has 2 rings (SSSR count). The second-order valence-corrected chi connectivity index (χ2v) is 5.43. The van der Waals surface area contributed by atoms with Gasteiger partial charge in [0, 0.05) is 19.1 Å². The van der Waals surface area contributed by atoms with Gasteiger partial charge in [-0.2, -0.15) is 10.4 Å². The predicted octanol–water partition coefficient (Wildman–Crippen LogP) is 1.53. The Balaban J connectivity index is 2.41. The molecule has 0 amide bonds. The molecule has 1 aliphatic rings. The molecule has 2 N–H and O–H groups in total. The number of aryl methyl sites for hydroxylation is 1. The van der Waals surface area contributed by atoms with Gasteiger partial charge in [-0.1, -0.05) is 6.92 Å². The standard InChI is InChI=1S/C14H21N5/c1-9-4-5-19(12(6-9)7-15)14-13(8-16)10(2)11(3)17-18-14/h9,12H,4-7,15H2,1-3H3. The van der Waals surface area contributed by atoms with Gasteiger partial charge in [-0.05, 0) is 38.2 Å². The fraction of sp³-hybridized carbons (Fsp3) is 0.643. The van der Waals surface area contributed by atoms with Gasteiger partial charge in [0.25, 0.3) is 0 Å². The molecule has 0 bridgehead atoms. The third kappa shape index (κ3) is 2.54. The van der Waals surface area contributed by atoms with Crippen LogP contribution in [0.25, 0.3) is 0 Å². The molecule has 1 aliphatic heterocycles. The van der Waals surface area contributed by atoms with E-state index in [1.165, 1.54) is 0 Å². The first-order valence-corrected chi connectivity index (χ1v) is 6.79. The summed E-state index contributed by atoms with van der Waals surface area (Å²) < 4.78 is 0. The maximum atomic E-state index is 9.39. The number of rotatable bonds is 2. The van der Waals surface area contributed by atoms with Gasteiger partial charge in [-0.25, -0.2) is 0 Å². The summed E-state index contributed by atoms with van der Waals surface area (Å²) in [6.07, 6.45) is 2.16. The Labute approximate surface area is 114 Å². The summed E-state index contributed by atoms with van der Waals surface area (Å²) >= 11 is 0. The molecule has 0 aliphatic carbocycles. The second-order valence-electron chi connectivity index (χ2n) is 5.43. The van der Waals surface area contributed by atoms with Gasteiger partial charge in [-0.3, -0.25) is 0 Å². The minimum absolute atomic E-state index is 0.257. The van der Waals surface area contributed by atoms with Crippen LogP contribution in [0.3, 0.4) is 0 Å². The number of hydrogen-bond acceptors (Lipinski definition) is 5. The molecular weight excluding hydrogens is 238 g/mol. The molecule has 2 unspecified atom stereocenters. The number of aromatic nitrogens is 2. The summed E-state index contributed by atoms with van der Waals surface area (Å²) in [6, 6.07) is 2.53. The molecule has 0 aromatic carbocycles.